The van der Waals surface area contributed by atoms with Gasteiger partial charge in [-0.3, -0.25) is 0 Å². The molecule has 2 rings (SSSR count). The van der Waals surface area contributed by atoms with Gasteiger partial charge in [-0.2, -0.15) is 0 Å². The van der Waals surface area contributed by atoms with E-state index in [-0.39, 0.29) is 4.90 Å². The van der Waals surface area contributed by atoms with Crippen molar-refractivity contribution in [2.75, 3.05) is 0 Å². The maximum atomic E-state index is 12.7. The van der Waals surface area contributed by atoms with Gasteiger partial charge in [0.2, 0.25) is 0 Å². The molecule has 2 aromatic carbocycles. The Labute approximate surface area is 130 Å². The lowest BCUT2D eigenvalue weighted by molar-refractivity contribution is 0.169. The van der Waals surface area contributed by atoms with Gasteiger partial charge in [-0.15, -0.1) is 0 Å². The third-order valence-electron chi connectivity index (χ3n) is 3.44. The molecule has 0 spiro atoms. The Morgan fingerprint density at radius 2 is 1.62 bits per heavy atom. The van der Waals surface area contributed by atoms with Crippen molar-refractivity contribution in [1.82, 2.24) is 0 Å². The average Bonchev–Trinajstić information content (AvgIpc) is 2.49. The minimum absolute atomic E-state index is 0.175. The van der Waals surface area contributed by atoms with Crippen LogP contribution in [0.3, 0.4) is 0 Å². The molecule has 0 fully saturated rings. The minimum atomic E-state index is -3.62. The predicted molar refractivity (Wildman–Crippen MR) is 84.1 cm³/mol. The molecule has 1 N–H and O–H groups in total. The number of hydrogen-bond acceptors (Lipinski definition) is 3. The number of benzene rings is 2. The molecule has 0 aliphatic rings. The van der Waals surface area contributed by atoms with Crippen LogP contribution in [0.1, 0.15) is 25.0 Å². The monoisotopic (exact) mass is 324 g/mol. The Morgan fingerprint density at radius 1 is 1.05 bits per heavy atom. The normalized spacial score (nSPS) is 14.6. The van der Waals surface area contributed by atoms with Crippen molar-refractivity contribution in [3.05, 3.63) is 65.2 Å². The first-order chi connectivity index (χ1) is 9.96. The maximum absolute atomic E-state index is 12.7. The smallest absolute Gasteiger partial charge is 0.184 e. The first kappa shape index (κ1) is 16.0. The molecule has 0 bridgehead atoms. The topological polar surface area (TPSA) is 54.4 Å². The van der Waals surface area contributed by atoms with E-state index in [2.05, 4.69) is 0 Å². The molecule has 0 aromatic heterocycles. The summed E-state index contributed by atoms with van der Waals surface area (Å²) in [6.45, 7) is 1.75. The largest absolute Gasteiger partial charge is 0.387 e. The van der Waals surface area contributed by atoms with Crippen LogP contribution in [0.15, 0.2) is 59.5 Å². The van der Waals surface area contributed by atoms with Crippen LogP contribution in [-0.4, -0.2) is 18.8 Å². The maximum Gasteiger partial charge on any atom is 0.184 e. The van der Waals surface area contributed by atoms with Gasteiger partial charge in [0, 0.05) is 5.02 Å². The zero-order valence-corrected chi connectivity index (χ0v) is 13.2. The molecule has 5 heteroatoms. The van der Waals surface area contributed by atoms with E-state index < -0.39 is 21.2 Å². The van der Waals surface area contributed by atoms with Crippen molar-refractivity contribution in [3.63, 3.8) is 0 Å². The summed E-state index contributed by atoms with van der Waals surface area (Å²) in [6.07, 6.45) is -0.738. The molecule has 2 atom stereocenters. The second kappa shape index (κ2) is 6.60. The highest BCUT2D eigenvalue weighted by Crippen LogP contribution is 2.29. The summed E-state index contributed by atoms with van der Waals surface area (Å²) in [4.78, 5) is 0.175. The van der Waals surface area contributed by atoms with E-state index >= 15 is 0 Å². The van der Waals surface area contributed by atoms with Crippen molar-refractivity contribution in [2.24, 2.45) is 0 Å². The third kappa shape index (κ3) is 3.46. The fourth-order valence-corrected chi connectivity index (χ4v) is 4.20. The van der Waals surface area contributed by atoms with Crippen LogP contribution in [-0.2, 0) is 9.84 Å². The third-order valence-corrected chi connectivity index (χ3v) is 6.01. The van der Waals surface area contributed by atoms with Gasteiger partial charge in [-0.1, -0.05) is 48.9 Å². The van der Waals surface area contributed by atoms with E-state index in [1.165, 1.54) is 24.3 Å². The standard InChI is InChI=1S/C16H17ClO3S/c1-2-15(16(18)12-6-4-3-5-7-12)21(19,20)14-10-8-13(17)9-11-14/h3-11,15-16,18H,2H2,1H3. The van der Waals surface area contributed by atoms with E-state index in [9.17, 15) is 13.5 Å². The van der Waals surface area contributed by atoms with Gasteiger partial charge in [0.25, 0.3) is 0 Å². The molecule has 2 unspecified atom stereocenters. The Hall–Kier alpha value is -1.36. The molecule has 0 saturated heterocycles. The number of sulfone groups is 1. The highest BCUT2D eigenvalue weighted by Gasteiger charge is 2.33. The molecule has 21 heavy (non-hydrogen) atoms. The second-order valence-electron chi connectivity index (χ2n) is 4.80. The number of hydrogen-bond donors (Lipinski definition) is 1. The van der Waals surface area contributed by atoms with Gasteiger partial charge in [0.1, 0.15) is 0 Å². The molecular weight excluding hydrogens is 308 g/mol. The van der Waals surface area contributed by atoms with Crippen LogP contribution in [0.5, 0.6) is 0 Å². The first-order valence-electron chi connectivity index (χ1n) is 6.69. The summed E-state index contributed by atoms with van der Waals surface area (Å²) in [5, 5.41) is 10.0. The molecule has 0 heterocycles. The van der Waals surface area contributed by atoms with Crippen LogP contribution >= 0.6 is 11.6 Å². The molecule has 0 amide bonds. The van der Waals surface area contributed by atoms with Crippen molar-refractivity contribution in [2.45, 2.75) is 29.6 Å². The molecule has 112 valence electrons. The van der Waals surface area contributed by atoms with Crippen molar-refractivity contribution < 1.29 is 13.5 Å². The Bertz CT molecular complexity index is 681. The van der Waals surface area contributed by atoms with Crippen LogP contribution in [0.4, 0.5) is 0 Å². The van der Waals surface area contributed by atoms with Gasteiger partial charge < -0.3 is 5.11 Å². The molecular formula is C16H17ClO3S. The van der Waals surface area contributed by atoms with Crippen LogP contribution in [0.25, 0.3) is 0 Å². The van der Waals surface area contributed by atoms with Crippen molar-refractivity contribution >= 4 is 21.4 Å². The van der Waals surface area contributed by atoms with Crippen LogP contribution < -0.4 is 0 Å². The minimum Gasteiger partial charge on any atom is -0.387 e. The fourth-order valence-electron chi connectivity index (χ4n) is 2.28. The van der Waals surface area contributed by atoms with Crippen LogP contribution in [0, 0.1) is 0 Å². The van der Waals surface area contributed by atoms with Gasteiger partial charge in [-0.05, 0) is 36.2 Å². The SMILES string of the molecule is CCC(C(O)c1ccccc1)S(=O)(=O)c1ccc(Cl)cc1. The van der Waals surface area contributed by atoms with E-state index in [1.807, 2.05) is 6.07 Å². The number of halogens is 1. The lowest BCUT2D eigenvalue weighted by Crippen LogP contribution is -2.28. The first-order valence-corrected chi connectivity index (χ1v) is 8.61. The van der Waals surface area contributed by atoms with Gasteiger partial charge >= 0.3 is 0 Å². The van der Waals surface area contributed by atoms with Crippen molar-refractivity contribution in [1.29, 1.82) is 0 Å². The van der Waals surface area contributed by atoms with E-state index in [1.54, 1.807) is 31.2 Å². The van der Waals surface area contributed by atoms with Gasteiger partial charge in [0.05, 0.1) is 16.2 Å². The highest BCUT2D eigenvalue weighted by molar-refractivity contribution is 7.92. The zero-order valence-electron chi connectivity index (χ0n) is 11.6. The number of aliphatic hydroxyl groups is 1. The van der Waals surface area contributed by atoms with E-state index in [0.717, 1.165) is 0 Å². The molecule has 0 aliphatic heterocycles. The lowest BCUT2D eigenvalue weighted by atomic mass is 10.1. The summed E-state index contributed by atoms with van der Waals surface area (Å²) in [7, 11) is -3.62. The van der Waals surface area contributed by atoms with Gasteiger partial charge in [0.15, 0.2) is 9.84 Å². The zero-order chi connectivity index (χ0) is 15.5. The average molecular weight is 325 g/mol. The fraction of sp³-hybridized carbons (Fsp3) is 0.250. The van der Waals surface area contributed by atoms with Crippen LogP contribution in [0.2, 0.25) is 5.02 Å². The molecule has 3 nitrogen and oxygen atoms in total. The highest BCUT2D eigenvalue weighted by atomic mass is 35.5. The lowest BCUT2D eigenvalue weighted by Gasteiger charge is -2.22. The summed E-state index contributed by atoms with van der Waals surface area (Å²) >= 11 is 5.79. The summed E-state index contributed by atoms with van der Waals surface area (Å²) in [5.74, 6) is 0. The molecule has 0 saturated carbocycles. The Kier molecular flexibility index (Phi) is 5.04. The van der Waals surface area contributed by atoms with Gasteiger partial charge in [-0.25, -0.2) is 8.42 Å². The van der Waals surface area contributed by atoms with E-state index in [4.69, 9.17) is 11.6 Å². The van der Waals surface area contributed by atoms with E-state index in [0.29, 0.717) is 17.0 Å². The van der Waals surface area contributed by atoms with Crippen molar-refractivity contribution in [3.8, 4) is 0 Å². The predicted octanol–water partition coefficient (Wildman–Crippen LogP) is 3.63. The summed E-state index contributed by atoms with van der Waals surface area (Å²) in [5.41, 5.74) is 0.599. The number of rotatable bonds is 5. The Balaban J connectivity index is 2.38. The quantitative estimate of drug-likeness (QED) is 0.913. The summed E-state index contributed by atoms with van der Waals surface area (Å²) in [6, 6.07) is 14.9. The second-order valence-corrected chi connectivity index (χ2v) is 7.40. The molecule has 0 radical (unpaired) electrons. The molecule has 2 aromatic rings. The molecule has 0 aliphatic carbocycles. The summed E-state index contributed by atoms with van der Waals surface area (Å²) < 4.78 is 25.4. The Morgan fingerprint density at radius 3 is 2.14 bits per heavy atom. The number of aliphatic hydroxyl groups excluding tert-OH is 1.